The summed E-state index contributed by atoms with van der Waals surface area (Å²) in [5.74, 6) is 5.03. The third-order valence-electron chi connectivity index (χ3n) is 1.82. The molecule has 0 fully saturated rings. The highest BCUT2D eigenvalue weighted by Gasteiger charge is 2.08. The fraction of sp³-hybridized carbons (Fsp3) is 0.667. The molecule has 1 heterocycles. The monoisotopic (exact) mass is 227 g/mol. The van der Waals surface area contributed by atoms with E-state index in [1.807, 2.05) is 5.43 Å². The number of hydrogen-bond acceptors (Lipinski definition) is 5. The van der Waals surface area contributed by atoms with Gasteiger partial charge < -0.3 is 4.74 Å². The summed E-state index contributed by atoms with van der Waals surface area (Å²) >= 11 is 0. The molecular weight excluding hydrogens is 210 g/mol. The Labute approximate surface area is 93.9 Å². The van der Waals surface area contributed by atoms with E-state index in [1.165, 1.54) is 6.20 Å². The van der Waals surface area contributed by atoms with Gasteiger partial charge in [-0.1, -0.05) is 19.1 Å². The topological polar surface area (TPSA) is 95.1 Å². The van der Waals surface area contributed by atoms with Crippen LogP contribution in [0.5, 0.6) is 0 Å². The normalized spacial score (nSPS) is 10.8. The van der Waals surface area contributed by atoms with Crippen molar-refractivity contribution in [3.05, 3.63) is 11.9 Å². The number of nitrogens with one attached hydrogen (secondary N) is 1. The van der Waals surface area contributed by atoms with Gasteiger partial charge in [0, 0.05) is 6.61 Å². The maximum Gasteiger partial charge on any atom is 0.287 e. The molecule has 0 aliphatic heterocycles. The SMILES string of the molecule is CC(C)COCCn1cc(C(=O)NN)nn1. The first-order chi connectivity index (χ1) is 7.63. The second-order valence-electron chi connectivity index (χ2n) is 3.81. The van der Waals surface area contributed by atoms with E-state index in [0.717, 1.165) is 0 Å². The van der Waals surface area contributed by atoms with Gasteiger partial charge in [0.15, 0.2) is 5.69 Å². The van der Waals surface area contributed by atoms with E-state index in [-0.39, 0.29) is 5.69 Å². The van der Waals surface area contributed by atoms with Crippen LogP contribution >= 0.6 is 0 Å². The zero-order chi connectivity index (χ0) is 12.0. The van der Waals surface area contributed by atoms with Crippen molar-refractivity contribution in [1.29, 1.82) is 0 Å². The molecule has 0 atom stereocenters. The van der Waals surface area contributed by atoms with E-state index in [0.29, 0.717) is 25.7 Å². The van der Waals surface area contributed by atoms with E-state index in [4.69, 9.17) is 10.6 Å². The van der Waals surface area contributed by atoms with Crippen LogP contribution < -0.4 is 11.3 Å². The van der Waals surface area contributed by atoms with Crippen LogP contribution in [0, 0.1) is 5.92 Å². The second-order valence-corrected chi connectivity index (χ2v) is 3.81. The Morgan fingerprint density at radius 1 is 1.69 bits per heavy atom. The van der Waals surface area contributed by atoms with Gasteiger partial charge in [0.1, 0.15) is 0 Å². The average Bonchev–Trinajstić information content (AvgIpc) is 2.71. The lowest BCUT2D eigenvalue weighted by Crippen LogP contribution is -2.30. The largest absolute Gasteiger partial charge is 0.379 e. The van der Waals surface area contributed by atoms with Crippen LogP contribution in [-0.4, -0.2) is 34.1 Å². The third kappa shape index (κ3) is 3.95. The van der Waals surface area contributed by atoms with Gasteiger partial charge in [-0.2, -0.15) is 0 Å². The fourth-order valence-corrected chi connectivity index (χ4v) is 1.06. The molecule has 7 nitrogen and oxygen atoms in total. The molecule has 1 aromatic heterocycles. The first kappa shape index (κ1) is 12.6. The molecule has 0 saturated heterocycles. The quantitative estimate of drug-likeness (QED) is 0.297. The number of amides is 1. The van der Waals surface area contributed by atoms with Gasteiger partial charge in [0.2, 0.25) is 0 Å². The van der Waals surface area contributed by atoms with E-state index >= 15 is 0 Å². The van der Waals surface area contributed by atoms with E-state index in [1.54, 1.807) is 4.68 Å². The Bertz CT molecular complexity index is 336. The smallest absolute Gasteiger partial charge is 0.287 e. The highest BCUT2D eigenvalue weighted by molar-refractivity contribution is 5.91. The summed E-state index contributed by atoms with van der Waals surface area (Å²) in [7, 11) is 0. The van der Waals surface area contributed by atoms with Crippen LogP contribution in [0.1, 0.15) is 24.3 Å². The van der Waals surface area contributed by atoms with Crippen LogP contribution in [-0.2, 0) is 11.3 Å². The lowest BCUT2D eigenvalue weighted by molar-refractivity contribution is 0.0948. The fourth-order valence-electron chi connectivity index (χ4n) is 1.06. The highest BCUT2D eigenvalue weighted by atomic mass is 16.5. The van der Waals surface area contributed by atoms with Crippen molar-refractivity contribution in [3.8, 4) is 0 Å². The van der Waals surface area contributed by atoms with Crippen molar-refractivity contribution >= 4 is 5.91 Å². The zero-order valence-electron chi connectivity index (χ0n) is 9.51. The Balaban J connectivity index is 2.32. The third-order valence-corrected chi connectivity index (χ3v) is 1.82. The molecule has 0 radical (unpaired) electrons. The summed E-state index contributed by atoms with van der Waals surface area (Å²) in [6.45, 7) is 5.99. The second kappa shape index (κ2) is 6.19. The maximum atomic E-state index is 11.1. The molecule has 0 unspecified atom stereocenters. The zero-order valence-corrected chi connectivity index (χ0v) is 9.51. The minimum Gasteiger partial charge on any atom is -0.379 e. The van der Waals surface area contributed by atoms with Crippen molar-refractivity contribution in [2.75, 3.05) is 13.2 Å². The van der Waals surface area contributed by atoms with Crippen molar-refractivity contribution in [1.82, 2.24) is 20.4 Å². The number of carbonyl (C=O) groups excluding carboxylic acids is 1. The number of carbonyl (C=O) groups is 1. The number of hydrogen-bond donors (Lipinski definition) is 2. The van der Waals surface area contributed by atoms with E-state index < -0.39 is 5.91 Å². The molecule has 0 saturated carbocycles. The predicted molar refractivity (Wildman–Crippen MR) is 57.3 cm³/mol. The maximum absolute atomic E-state index is 11.1. The highest BCUT2D eigenvalue weighted by Crippen LogP contribution is 1.95. The molecule has 1 aromatic rings. The van der Waals surface area contributed by atoms with Crippen molar-refractivity contribution in [2.24, 2.45) is 11.8 Å². The summed E-state index contributed by atoms with van der Waals surface area (Å²) in [5.41, 5.74) is 2.19. The van der Waals surface area contributed by atoms with Crippen molar-refractivity contribution < 1.29 is 9.53 Å². The summed E-state index contributed by atoms with van der Waals surface area (Å²) < 4.78 is 6.93. The van der Waals surface area contributed by atoms with Gasteiger partial charge in [-0.05, 0) is 5.92 Å². The number of rotatable bonds is 6. The standard InChI is InChI=1S/C9H17N5O2/c1-7(2)6-16-4-3-14-5-8(12-13-14)9(15)11-10/h5,7H,3-4,6,10H2,1-2H3,(H,11,15). The van der Waals surface area contributed by atoms with Gasteiger partial charge in [-0.3, -0.25) is 10.2 Å². The number of nitrogens with two attached hydrogens (primary N) is 1. The minimum absolute atomic E-state index is 0.200. The molecule has 1 amide bonds. The molecule has 90 valence electrons. The first-order valence-corrected chi connectivity index (χ1v) is 5.12. The van der Waals surface area contributed by atoms with Crippen LogP contribution in [0.4, 0.5) is 0 Å². The van der Waals surface area contributed by atoms with Crippen LogP contribution in [0.3, 0.4) is 0 Å². The number of nitrogen functional groups attached to an aromatic ring is 1. The molecule has 1 rings (SSSR count). The van der Waals surface area contributed by atoms with E-state index in [9.17, 15) is 4.79 Å². The molecular formula is C9H17N5O2. The summed E-state index contributed by atoms with van der Waals surface area (Å²) in [6, 6.07) is 0. The van der Waals surface area contributed by atoms with Gasteiger partial charge in [0.25, 0.3) is 5.91 Å². The van der Waals surface area contributed by atoms with Gasteiger partial charge in [-0.15, -0.1) is 5.10 Å². The lowest BCUT2D eigenvalue weighted by Gasteiger charge is -2.05. The molecule has 0 spiro atoms. The van der Waals surface area contributed by atoms with Crippen molar-refractivity contribution in [2.45, 2.75) is 20.4 Å². The molecule has 0 aromatic carbocycles. The van der Waals surface area contributed by atoms with Crippen molar-refractivity contribution in [3.63, 3.8) is 0 Å². The summed E-state index contributed by atoms with van der Waals surface area (Å²) in [5, 5.41) is 7.44. The molecule has 3 N–H and O–H groups in total. The number of ether oxygens (including phenoxy) is 1. The Kier molecular flexibility index (Phi) is 4.87. The first-order valence-electron chi connectivity index (χ1n) is 5.12. The van der Waals surface area contributed by atoms with Gasteiger partial charge >= 0.3 is 0 Å². The molecule has 0 aliphatic rings. The lowest BCUT2D eigenvalue weighted by atomic mass is 10.2. The summed E-state index contributed by atoms with van der Waals surface area (Å²) in [4.78, 5) is 11.1. The van der Waals surface area contributed by atoms with Crippen LogP contribution in [0.25, 0.3) is 0 Å². The number of hydrazine groups is 1. The predicted octanol–water partition coefficient (Wildman–Crippen LogP) is -0.446. The van der Waals surface area contributed by atoms with Gasteiger partial charge in [0.05, 0.1) is 19.3 Å². The Hall–Kier alpha value is -1.47. The van der Waals surface area contributed by atoms with Gasteiger partial charge in [-0.25, -0.2) is 10.5 Å². The molecule has 16 heavy (non-hydrogen) atoms. The molecule has 0 bridgehead atoms. The number of aromatic nitrogens is 3. The minimum atomic E-state index is -0.450. The number of nitrogens with zero attached hydrogens (tertiary/aromatic N) is 3. The molecule has 0 aliphatic carbocycles. The Morgan fingerprint density at radius 2 is 2.44 bits per heavy atom. The van der Waals surface area contributed by atoms with E-state index in [2.05, 4.69) is 24.2 Å². The Morgan fingerprint density at radius 3 is 3.06 bits per heavy atom. The molecule has 7 heteroatoms. The summed E-state index contributed by atoms with van der Waals surface area (Å²) in [6.07, 6.45) is 1.53. The van der Waals surface area contributed by atoms with Crippen LogP contribution in [0.2, 0.25) is 0 Å². The van der Waals surface area contributed by atoms with Crippen LogP contribution in [0.15, 0.2) is 6.20 Å². The average molecular weight is 227 g/mol.